The lowest BCUT2D eigenvalue weighted by molar-refractivity contribution is -0.274. The minimum atomic E-state index is -5.89. The van der Waals surface area contributed by atoms with Gasteiger partial charge in [-0.25, -0.2) is 0 Å². The first-order chi connectivity index (χ1) is 8.03. The lowest BCUT2D eigenvalue weighted by atomic mass is 9.82. The Kier molecular flexibility index (Phi) is 3.56. The highest BCUT2D eigenvalue weighted by Gasteiger charge is 2.64. The first-order valence-corrected chi connectivity index (χ1v) is 5.19. The molecule has 0 N–H and O–H groups in total. The Morgan fingerprint density at radius 2 is 1.67 bits per heavy atom. The molecule has 1 aliphatic heterocycles. The normalized spacial score (nSPS) is 20.4. The summed E-state index contributed by atoms with van der Waals surface area (Å²) in [6.07, 6.45) is -5.72. The van der Waals surface area contributed by atoms with Crippen LogP contribution >= 0.6 is 0 Å². The van der Waals surface area contributed by atoms with Gasteiger partial charge in [0.1, 0.15) is 0 Å². The average molecular weight is 270 g/mol. The molecule has 0 bridgehead atoms. The van der Waals surface area contributed by atoms with Crippen LogP contribution in [0.4, 0.5) is 22.0 Å². The monoisotopic (exact) mass is 270 g/mol. The van der Waals surface area contributed by atoms with Crippen molar-refractivity contribution in [2.45, 2.75) is 31.9 Å². The van der Waals surface area contributed by atoms with E-state index in [1.165, 1.54) is 0 Å². The van der Waals surface area contributed by atoms with Crippen LogP contribution in [0.15, 0.2) is 0 Å². The molecule has 8 heteroatoms. The van der Waals surface area contributed by atoms with Crippen LogP contribution in [-0.4, -0.2) is 36.0 Å². The molecular weight excluding hydrogens is 259 g/mol. The third kappa shape index (κ3) is 2.54. The van der Waals surface area contributed by atoms with Gasteiger partial charge in [-0.3, -0.25) is 4.79 Å². The Balaban J connectivity index is 2.76. The van der Waals surface area contributed by atoms with Crippen molar-refractivity contribution in [3.8, 4) is 6.07 Å². The Morgan fingerprint density at radius 1 is 1.22 bits per heavy atom. The molecule has 0 radical (unpaired) electrons. The smallest absolute Gasteiger partial charge is 0.337 e. The van der Waals surface area contributed by atoms with Gasteiger partial charge in [-0.05, 0) is 19.8 Å². The van der Waals surface area contributed by atoms with Gasteiger partial charge in [-0.15, -0.1) is 0 Å². The standard InChI is InChI=1S/C10H11F5N2O/c1-8(6-16)2-4-17(5-3-8)7(18)9(11,12)10(13,14)15/h2-5H2,1H3. The van der Waals surface area contributed by atoms with E-state index >= 15 is 0 Å². The number of alkyl halides is 5. The molecule has 0 atom stereocenters. The van der Waals surface area contributed by atoms with E-state index in [-0.39, 0.29) is 25.9 Å². The van der Waals surface area contributed by atoms with Crippen molar-refractivity contribution >= 4 is 5.91 Å². The van der Waals surface area contributed by atoms with Crippen LogP contribution in [0.3, 0.4) is 0 Å². The van der Waals surface area contributed by atoms with Gasteiger partial charge in [0.2, 0.25) is 0 Å². The zero-order valence-corrected chi connectivity index (χ0v) is 9.52. The SMILES string of the molecule is CC1(C#N)CCN(C(=O)C(F)(F)C(F)(F)F)CC1. The van der Waals surface area contributed by atoms with Crippen molar-refractivity contribution in [2.24, 2.45) is 5.41 Å². The first kappa shape index (κ1) is 14.7. The third-order valence-electron chi connectivity index (χ3n) is 3.05. The van der Waals surface area contributed by atoms with Crippen LogP contribution in [0.2, 0.25) is 0 Å². The van der Waals surface area contributed by atoms with Crippen molar-refractivity contribution in [1.29, 1.82) is 5.26 Å². The fraction of sp³-hybridized carbons (Fsp3) is 0.800. The maximum absolute atomic E-state index is 12.8. The Bertz CT molecular complexity index is 377. The van der Waals surface area contributed by atoms with Crippen molar-refractivity contribution in [3.63, 3.8) is 0 Å². The second-order valence-electron chi connectivity index (χ2n) is 4.54. The van der Waals surface area contributed by atoms with E-state index in [1.54, 1.807) is 6.92 Å². The van der Waals surface area contributed by atoms with E-state index in [9.17, 15) is 26.7 Å². The molecule has 0 aromatic rings. The first-order valence-electron chi connectivity index (χ1n) is 5.19. The zero-order valence-electron chi connectivity index (χ0n) is 9.52. The summed E-state index contributed by atoms with van der Waals surface area (Å²) in [4.78, 5) is 11.6. The number of hydrogen-bond acceptors (Lipinski definition) is 2. The summed E-state index contributed by atoms with van der Waals surface area (Å²) in [5, 5.41) is 8.78. The van der Waals surface area contributed by atoms with E-state index in [2.05, 4.69) is 0 Å². The van der Waals surface area contributed by atoms with Crippen molar-refractivity contribution in [3.05, 3.63) is 0 Å². The molecule has 1 amide bonds. The maximum atomic E-state index is 12.8. The number of piperidine rings is 1. The van der Waals surface area contributed by atoms with Gasteiger partial charge in [0.05, 0.1) is 11.5 Å². The summed E-state index contributed by atoms with van der Waals surface area (Å²) >= 11 is 0. The molecule has 1 fully saturated rings. The summed E-state index contributed by atoms with van der Waals surface area (Å²) < 4.78 is 61.6. The quantitative estimate of drug-likeness (QED) is 0.686. The molecule has 0 aliphatic carbocycles. The van der Waals surface area contributed by atoms with Crippen LogP contribution in [0, 0.1) is 16.7 Å². The highest BCUT2D eigenvalue weighted by molar-refractivity contribution is 5.84. The van der Waals surface area contributed by atoms with E-state index in [1.807, 2.05) is 6.07 Å². The fourth-order valence-electron chi connectivity index (χ4n) is 1.63. The summed E-state index contributed by atoms with van der Waals surface area (Å²) in [6.45, 7) is 1.04. The highest BCUT2D eigenvalue weighted by atomic mass is 19.4. The number of nitriles is 1. The Labute approximate surface area is 100 Å². The van der Waals surface area contributed by atoms with Gasteiger partial charge in [0, 0.05) is 13.1 Å². The molecule has 3 nitrogen and oxygen atoms in total. The van der Waals surface area contributed by atoms with E-state index < -0.39 is 23.4 Å². The summed E-state index contributed by atoms with van der Waals surface area (Å²) in [5.41, 5.74) is -0.774. The van der Waals surface area contributed by atoms with E-state index in [4.69, 9.17) is 5.26 Å². The number of halogens is 5. The molecule has 18 heavy (non-hydrogen) atoms. The summed E-state index contributed by atoms with van der Waals surface area (Å²) in [7, 11) is 0. The number of carbonyl (C=O) groups excluding carboxylic acids is 1. The van der Waals surface area contributed by atoms with Crippen molar-refractivity contribution in [2.75, 3.05) is 13.1 Å². The lowest BCUT2D eigenvalue weighted by Gasteiger charge is -2.36. The summed E-state index contributed by atoms with van der Waals surface area (Å²) in [6, 6.07) is 1.96. The molecule has 102 valence electrons. The molecule has 1 rings (SSSR count). The number of hydrogen-bond donors (Lipinski definition) is 0. The van der Waals surface area contributed by atoms with Gasteiger partial charge in [-0.1, -0.05) is 0 Å². The number of amides is 1. The number of rotatable bonds is 1. The van der Waals surface area contributed by atoms with Crippen LogP contribution in [0.5, 0.6) is 0 Å². The molecule has 0 unspecified atom stereocenters. The van der Waals surface area contributed by atoms with Gasteiger partial charge in [-0.2, -0.15) is 27.2 Å². The van der Waals surface area contributed by atoms with E-state index in [0.717, 1.165) is 0 Å². The Hall–Kier alpha value is -1.39. The maximum Gasteiger partial charge on any atom is 0.463 e. The zero-order chi connectivity index (χ0) is 14.2. The predicted octanol–water partition coefficient (Wildman–Crippen LogP) is 2.34. The van der Waals surface area contributed by atoms with E-state index in [0.29, 0.717) is 4.90 Å². The highest BCUT2D eigenvalue weighted by Crippen LogP contribution is 2.38. The van der Waals surface area contributed by atoms with Gasteiger partial charge < -0.3 is 4.90 Å². The second kappa shape index (κ2) is 4.37. The van der Waals surface area contributed by atoms with Gasteiger partial charge in [0.25, 0.3) is 0 Å². The minimum Gasteiger partial charge on any atom is -0.337 e. The van der Waals surface area contributed by atoms with Gasteiger partial charge in [0.15, 0.2) is 0 Å². The van der Waals surface area contributed by atoms with Crippen LogP contribution in [0.25, 0.3) is 0 Å². The molecular formula is C10H11F5N2O. The molecule has 0 aromatic heterocycles. The molecule has 1 heterocycles. The molecule has 1 aliphatic rings. The number of carbonyl (C=O) groups is 1. The average Bonchev–Trinajstić information content (AvgIpc) is 2.27. The second-order valence-corrected chi connectivity index (χ2v) is 4.54. The molecule has 0 aromatic carbocycles. The number of likely N-dealkylation sites (tertiary alicyclic amines) is 1. The lowest BCUT2D eigenvalue weighted by Crippen LogP contribution is -2.54. The Morgan fingerprint density at radius 3 is 2.00 bits per heavy atom. The van der Waals surface area contributed by atoms with Crippen molar-refractivity contribution < 1.29 is 26.7 Å². The largest absolute Gasteiger partial charge is 0.463 e. The fourth-order valence-corrected chi connectivity index (χ4v) is 1.63. The van der Waals surface area contributed by atoms with Gasteiger partial charge >= 0.3 is 18.0 Å². The molecule has 1 saturated heterocycles. The van der Waals surface area contributed by atoms with Crippen LogP contribution < -0.4 is 0 Å². The minimum absolute atomic E-state index is 0.0865. The molecule has 0 spiro atoms. The third-order valence-corrected chi connectivity index (χ3v) is 3.05. The molecule has 0 saturated carbocycles. The summed E-state index contributed by atoms with van der Waals surface area (Å²) in [5.74, 6) is -7.61. The number of nitrogens with zero attached hydrogens (tertiary/aromatic N) is 2. The van der Waals surface area contributed by atoms with Crippen molar-refractivity contribution in [1.82, 2.24) is 4.90 Å². The predicted molar refractivity (Wildman–Crippen MR) is 50.5 cm³/mol. The topological polar surface area (TPSA) is 44.1 Å². The van der Waals surface area contributed by atoms with Crippen LogP contribution in [-0.2, 0) is 4.79 Å². The van der Waals surface area contributed by atoms with Crippen LogP contribution in [0.1, 0.15) is 19.8 Å².